The first-order chi connectivity index (χ1) is 9.43. The van der Waals surface area contributed by atoms with Gasteiger partial charge in [-0.3, -0.25) is 0 Å². The number of hydrogen-bond donors (Lipinski definition) is 1. The summed E-state index contributed by atoms with van der Waals surface area (Å²) in [6, 6.07) is 8.93. The standard InChI is InChI=1S/C14H10BrCl2IO2/c1-20-13-6-10(16)8(5-11(13)17)14(19)9-4-7(15)2-3-12(9)18/h2-6,14,19H,1H3. The van der Waals surface area contributed by atoms with Crippen LogP contribution in [-0.4, -0.2) is 12.2 Å². The Morgan fingerprint density at radius 2 is 1.85 bits per heavy atom. The van der Waals surface area contributed by atoms with E-state index in [0.717, 1.165) is 13.6 Å². The Bertz CT molecular complexity index is 649. The maximum atomic E-state index is 10.6. The van der Waals surface area contributed by atoms with Crippen LogP contribution in [0.25, 0.3) is 0 Å². The minimum absolute atomic E-state index is 0.412. The average molecular weight is 488 g/mol. The predicted molar refractivity (Wildman–Crippen MR) is 93.9 cm³/mol. The van der Waals surface area contributed by atoms with Gasteiger partial charge in [0.15, 0.2) is 0 Å². The van der Waals surface area contributed by atoms with E-state index in [1.165, 1.54) is 7.11 Å². The van der Waals surface area contributed by atoms with Crippen molar-refractivity contribution in [2.45, 2.75) is 6.10 Å². The number of halogens is 4. The summed E-state index contributed by atoms with van der Waals surface area (Å²) in [5.41, 5.74) is 1.32. The smallest absolute Gasteiger partial charge is 0.138 e. The zero-order chi connectivity index (χ0) is 14.9. The summed E-state index contributed by atoms with van der Waals surface area (Å²) in [5, 5.41) is 11.4. The predicted octanol–water partition coefficient (Wildman–Crippen LogP) is 5.45. The Kier molecular flexibility index (Phi) is 5.59. The molecule has 0 aliphatic heterocycles. The monoisotopic (exact) mass is 486 g/mol. The van der Waals surface area contributed by atoms with Gasteiger partial charge in [-0.1, -0.05) is 39.1 Å². The first-order valence-electron chi connectivity index (χ1n) is 5.60. The van der Waals surface area contributed by atoms with E-state index in [4.69, 9.17) is 27.9 Å². The van der Waals surface area contributed by atoms with Gasteiger partial charge in [0.1, 0.15) is 11.9 Å². The molecule has 2 aromatic rings. The van der Waals surface area contributed by atoms with Gasteiger partial charge < -0.3 is 9.84 Å². The second-order valence-corrected chi connectivity index (χ2v) is 6.97. The van der Waals surface area contributed by atoms with Crippen LogP contribution < -0.4 is 4.74 Å². The van der Waals surface area contributed by atoms with E-state index in [2.05, 4.69) is 38.5 Å². The molecule has 0 spiro atoms. The highest BCUT2D eigenvalue weighted by Crippen LogP contribution is 2.37. The Hall–Kier alpha value is -0.0100. The third kappa shape index (κ3) is 3.42. The summed E-state index contributed by atoms with van der Waals surface area (Å²) in [6.45, 7) is 0. The molecule has 0 radical (unpaired) electrons. The van der Waals surface area contributed by atoms with E-state index in [9.17, 15) is 5.11 Å². The Morgan fingerprint density at radius 1 is 1.15 bits per heavy atom. The second kappa shape index (κ2) is 6.83. The zero-order valence-electron chi connectivity index (χ0n) is 10.3. The lowest BCUT2D eigenvalue weighted by molar-refractivity contribution is 0.219. The molecule has 20 heavy (non-hydrogen) atoms. The Balaban J connectivity index is 2.50. The maximum absolute atomic E-state index is 10.6. The Morgan fingerprint density at radius 3 is 2.50 bits per heavy atom. The quantitative estimate of drug-likeness (QED) is 0.583. The lowest BCUT2D eigenvalue weighted by Crippen LogP contribution is -2.03. The van der Waals surface area contributed by atoms with Gasteiger partial charge >= 0.3 is 0 Å². The van der Waals surface area contributed by atoms with Crippen LogP contribution in [0.5, 0.6) is 5.75 Å². The lowest BCUT2D eigenvalue weighted by atomic mass is 10.0. The van der Waals surface area contributed by atoms with Gasteiger partial charge in [0.05, 0.1) is 17.2 Å². The number of methoxy groups -OCH3 is 1. The number of aliphatic hydroxyl groups excluding tert-OH is 1. The van der Waals surface area contributed by atoms with Crippen molar-refractivity contribution >= 4 is 61.7 Å². The van der Waals surface area contributed by atoms with E-state index in [0.29, 0.717) is 21.4 Å². The van der Waals surface area contributed by atoms with Crippen molar-refractivity contribution < 1.29 is 9.84 Å². The minimum atomic E-state index is -0.852. The van der Waals surface area contributed by atoms with Gasteiger partial charge in [0.25, 0.3) is 0 Å². The summed E-state index contributed by atoms with van der Waals surface area (Å²) >= 11 is 17.9. The van der Waals surface area contributed by atoms with E-state index < -0.39 is 6.10 Å². The molecule has 1 unspecified atom stereocenters. The van der Waals surface area contributed by atoms with Gasteiger partial charge in [-0.25, -0.2) is 0 Å². The number of rotatable bonds is 3. The molecule has 6 heteroatoms. The van der Waals surface area contributed by atoms with Gasteiger partial charge in [-0.2, -0.15) is 0 Å². The molecule has 0 saturated carbocycles. The molecule has 2 rings (SSSR count). The molecule has 0 amide bonds. The Labute approximate surface area is 149 Å². The number of hydrogen-bond acceptors (Lipinski definition) is 2. The summed E-state index contributed by atoms with van der Waals surface area (Å²) < 4.78 is 6.94. The fourth-order valence-corrected chi connectivity index (χ4v) is 3.32. The van der Waals surface area contributed by atoms with Crippen LogP contribution in [0.15, 0.2) is 34.8 Å². The zero-order valence-corrected chi connectivity index (χ0v) is 15.6. The first-order valence-corrected chi connectivity index (χ1v) is 8.22. The highest BCUT2D eigenvalue weighted by molar-refractivity contribution is 14.1. The van der Waals surface area contributed by atoms with Gasteiger partial charge in [0, 0.05) is 19.7 Å². The summed E-state index contributed by atoms with van der Waals surface area (Å²) in [6.07, 6.45) is -0.852. The fraction of sp³-hybridized carbons (Fsp3) is 0.143. The van der Waals surface area contributed by atoms with E-state index >= 15 is 0 Å². The molecule has 2 nitrogen and oxygen atoms in total. The molecule has 0 aliphatic rings. The van der Waals surface area contributed by atoms with Crippen LogP contribution in [0, 0.1) is 3.57 Å². The molecule has 106 valence electrons. The van der Waals surface area contributed by atoms with Crippen LogP contribution in [0.1, 0.15) is 17.2 Å². The van der Waals surface area contributed by atoms with Crippen molar-refractivity contribution in [3.8, 4) is 5.75 Å². The number of ether oxygens (including phenoxy) is 1. The fourth-order valence-electron chi connectivity index (χ4n) is 1.80. The highest BCUT2D eigenvalue weighted by atomic mass is 127. The largest absolute Gasteiger partial charge is 0.495 e. The SMILES string of the molecule is COc1cc(Cl)c(C(O)c2cc(Br)ccc2I)cc1Cl. The van der Waals surface area contributed by atoms with Crippen molar-refractivity contribution in [2.24, 2.45) is 0 Å². The molecule has 0 bridgehead atoms. The number of aliphatic hydroxyl groups is 1. The summed E-state index contributed by atoms with van der Waals surface area (Å²) in [7, 11) is 1.52. The van der Waals surface area contributed by atoms with Crippen LogP contribution >= 0.6 is 61.7 Å². The minimum Gasteiger partial charge on any atom is -0.495 e. The van der Waals surface area contributed by atoms with Crippen LogP contribution in [0.3, 0.4) is 0 Å². The summed E-state index contributed by atoms with van der Waals surface area (Å²) in [4.78, 5) is 0. The van der Waals surface area contributed by atoms with Crippen molar-refractivity contribution in [1.82, 2.24) is 0 Å². The lowest BCUT2D eigenvalue weighted by Gasteiger charge is -2.17. The molecular weight excluding hydrogens is 478 g/mol. The van der Waals surface area contributed by atoms with E-state index in [-0.39, 0.29) is 0 Å². The third-order valence-electron chi connectivity index (χ3n) is 2.82. The molecule has 0 fully saturated rings. The van der Waals surface area contributed by atoms with E-state index in [1.807, 2.05) is 18.2 Å². The third-order valence-corrected chi connectivity index (χ3v) is 4.92. The normalized spacial score (nSPS) is 12.3. The van der Waals surface area contributed by atoms with Gasteiger partial charge in [0.2, 0.25) is 0 Å². The molecule has 0 heterocycles. The maximum Gasteiger partial charge on any atom is 0.138 e. The van der Waals surface area contributed by atoms with Gasteiger partial charge in [-0.15, -0.1) is 0 Å². The van der Waals surface area contributed by atoms with E-state index in [1.54, 1.807) is 12.1 Å². The molecule has 0 aliphatic carbocycles. The molecule has 2 aromatic carbocycles. The average Bonchev–Trinajstić information content (AvgIpc) is 2.42. The second-order valence-electron chi connectivity index (χ2n) is 4.08. The molecule has 0 saturated heterocycles. The first kappa shape index (κ1) is 16.4. The van der Waals surface area contributed by atoms with Crippen molar-refractivity contribution in [1.29, 1.82) is 0 Å². The van der Waals surface area contributed by atoms with Crippen LogP contribution in [0.2, 0.25) is 10.0 Å². The topological polar surface area (TPSA) is 29.5 Å². The van der Waals surface area contributed by atoms with Crippen LogP contribution in [-0.2, 0) is 0 Å². The van der Waals surface area contributed by atoms with Crippen LogP contribution in [0.4, 0.5) is 0 Å². The molecule has 1 atom stereocenters. The van der Waals surface area contributed by atoms with Crippen molar-refractivity contribution in [2.75, 3.05) is 7.11 Å². The van der Waals surface area contributed by atoms with Gasteiger partial charge in [-0.05, 0) is 52.4 Å². The number of benzene rings is 2. The van der Waals surface area contributed by atoms with Crippen molar-refractivity contribution in [3.63, 3.8) is 0 Å². The summed E-state index contributed by atoms with van der Waals surface area (Å²) in [5.74, 6) is 0.483. The molecule has 1 N–H and O–H groups in total. The highest BCUT2D eigenvalue weighted by Gasteiger charge is 2.19. The molecule has 0 aromatic heterocycles. The van der Waals surface area contributed by atoms with Crippen molar-refractivity contribution in [3.05, 3.63) is 59.5 Å². The molecular formula is C14H10BrCl2IO2.